The fourth-order valence-electron chi connectivity index (χ4n) is 3.95. The maximum Gasteiger partial charge on any atom is 0.157 e. The first-order valence-electron chi connectivity index (χ1n) is 8.25. The molecule has 0 atom stereocenters. The Bertz CT molecular complexity index is 326. The quantitative estimate of drug-likeness (QED) is 0.837. The summed E-state index contributed by atoms with van der Waals surface area (Å²) in [5.41, 5.74) is 0.434. The fraction of sp³-hybridized carbons (Fsp3) is 0.938. The molecule has 3 heteroatoms. The summed E-state index contributed by atoms with van der Waals surface area (Å²) in [6.45, 7) is 3.41. The summed E-state index contributed by atoms with van der Waals surface area (Å²) >= 11 is 1.97. The van der Waals surface area contributed by atoms with Crippen LogP contribution in [0.5, 0.6) is 0 Å². The van der Waals surface area contributed by atoms with Crippen molar-refractivity contribution in [2.45, 2.75) is 70.3 Å². The third-order valence-corrected chi connectivity index (χ3v) is 6.66. The molecule has 3 fully saturated rings. The molecule has 3 rings (SSSR count). The van der Waals surface area contributed by atoms with Crippen LogP contribution in [-0.2, 0) is 0 Å². The Balaban J connectivity index is 1.46. The maximum absolute atomic E-state index is 4.89. The number of amidine groups is 1. The largest absolute Gasteiger partial charge is 0.359 e. The predicted octanol–water partition coefficient (Wildman–Crippen LogP) is 4.21. The van der Waals surface area contributed by atoms with E-state index in [1.165, 1.54) is 68.7 Å². The molecular formula is C16H28N2S. The van der Waals surface area contributed by atoms with Crippen molar-refractivity contribution in [2.24, 2.45) is 16.8 Å². The summed E-state index contributed by atoms with van der Waals surface area (Å²) in [5.74, 6) is 3.12. The van der Waals surface area contributed by atoms with E-state index in [1.54, 1.807) is 0 Å². The van der Waals surface area contributed by atoms with Crippen LogP contribution in [-0.4, -0.2) is 23.0 Å². The molecule has 19 heavy (non-hydrogen) atoms. The molecule has 2 aliphatic carbocycles. The fourth-order valence-corrected chi connectivity index (χ4v) is 5.17. The van der Waals surface area contributed by atoms with E-state index in [9.17, 15) is 0 Å². The zero-order valence-corrected chi connectivity index (χ0v) is 13.1. The monoisotopic (exact) mass is 280 g/mol. The minimum Gasteiger partial charge on any atom is -0.359 e. The van der Waals surface area contributed by atoms with Crippen LogP contribution in [0.1, 0.15) is 64.7 Å². The lowest BCUT2D eigenvalue weighted by Gasteiger charge is -2.26. The van der Waals surface area contributed by atoms with E-state index < -0.39 is 0 Å². The van der Waals surface area contributed by atoms with Gasteiger partial charge in [0.1, 0.15) is 0 Å². The van der Waals surface area contributed by atoms with E-state index in [4.69, 9.17) is 4.99 Å². The number of aliphatic imine (C=N–C) groups is 1. The first-order valence-corrected chi connectivity index (χ1v) is 9.24. The van der Waals surface area contributed by atoms with E-state index in [2.05, 4.69) is 12.2 Å². The van der Waals surface area contributed by atoms with Gasteiger partial charge in [-0.05, 0) is 37.5 Å². The summed E-state index contributed by atoms with van der Waals surface area (Å²) in [6.07, 6.45) is 12.6. The smallest absolute Gasteiger partial charge is 0.157 e. The number of nitrogens with zero attached hydrogens (tertiary/aromatic N) is 1. The van der Waals surface area contributed by atoms with Crippen LogP contribution in [0.25, 0.3) is 0 Å². The van der Waals surface area contributed by atoms with Crippen molar-refractivity contribution in [3.8, 4) is 0 Å². The number of hydrogen-bond donors (Lipinski definition) is 1. The predicted molar refractivity (Wildman–Crippen MR) is 84.8 cm³/mol. The van der Waals surface area contributed by atoms with Gasteiger partial charge >= 0.3 is 0 Å². The molecular weight excluding hydrogens is 252 g/mol. The highest BCUT2D eigenvalue weighted by atomic mass is 32.2. The first-order chi connectivity index (χ1) is 9.30. The van der Waals surface area contributed by atoms with Gasteiger partial charge in [-0.25, -0.2) is 0 Å². The first kappa shape index (κ1) is 13.8. The van der Waals surface area contributed by atoms with Gasteiger partial charge in [-0.1, -0.05) is 50.8 Å². The molecule has 0 aromatic rings. The van der Waals surface area contributed by atoms with E-state index in [-0.39, 0.29) is 0 Å². The topological polar surface area (TPSA) is 24.4 Å². The van der Waals surface area contributed by atoms with Crippen LogP contribution >= 0.6 is 11.8 Å². The maximum atomic E-state index is 4.89. The Hall–Kier alpha value is -0.180. The number of hydrogen-bond acceptors (Lipinski definition) is 2. The molecule has 0 aromatic heterocycles. The van der Waals surface area contributed by atoms with Crippen LogP contribution < -0.4 is 5.32 Å². The summed E-state index contributed by atoms with van der Waals surface area (Å²) < 4.78 is 0. The minimum atomic E-state index is 0.434. The summed E-state index contributed by atoms with van der Waals surface area (Å²) in [7, 11) is 0. The van der Waals surface area contributed by atoms with Crippen molar-refractivity contribution in [1.29, 1.82) is 0 Å². The molecule has 1 aliphatic heterocycles. The SMILES string of the molecule is CCC1CCC(CN=C2NC3(CCCC3)CS2)CC1. The van der Waals surface area contributed by atoms with Crippen LogP contribution in [0, 0.1) is 11.8 Å². The lowest BCUT2D eigenvalue weighted by molar-refractivity contribution is 0.274. The van der Waals surface area contributed by atoms with Crippen molar-refractivity contribution in [3.05, 3.63) is 0 Å². The van der Waals surface area contributed by atoms with Gasteiger partial charge in [0.05, 0.1) is 0 Å². The third-order valence-electron chi connectivity index (χ3n) is 5.45. The molecule has 2 nitrogen and oxygen atoms in total. The molecule has 3 aliphatic rings. The van der Waals surface area contributed by atoms with E-state index in [0.29, 0.717) is 5.54 Å². The van der Waals surface area contributed by atoms with Gasteiger partial charge in [0.2, 0.25) is 0 Å². The summed E-state index contributed by atoms with van der Waals surface area (Å²) in [6, 6.07) is 0. The van der Waals surface area contributed by atoms with Crippen LogP contribution in [0.2, 0.25) is 0 Å². The Morgan fingerprint density at radius 2 is 1.84 bits per heavy atom. The second-order valence-electron chi connectivity index (χ2n) is 6.84. The lowest BCUT2D eigenvalue weighted by Crippen LogP contribution is -2.40. The molecule has 0 radical (unpaired) electrons. The average molecular weight is 280 g/mol. The van der Waals surface area contributed by atoms with Crippen molar-refractivity contribution in [2.75, 3.05) is 12.3 Å². The van der Waals surface area contributed by atoms with Crippen LogP contribution in [0.4, 0.5) is 0 Å². The van der Waals surface area contributed by atoms with Crippen molar-refractivity contribution < 1.29 is 0 Å². The highest BCUT2D eigenvalue weighted by Gasteiger charge is 2.39. The van der Waals surface area contributed by atoms with Gasteiger partial charge in [0.15, 0.2) is 5.17 Å². The van der Waals surface area contributed by atoms with Gasteiger partial charge in [-0.3, -0.25) is 4.99 Å². The summed E-state index contributed by atoms with van der Waals surface area (Å²) in [4.78, 5) is 4.89. The Labute approximate surface area is 122 Å². The lowest BCUT2D eigenvalue weighted by atomic mass is 9.81. The molecule has 2 saturated carbocycles. The molecule has 0 bridgehead atoms. The molecule has 0 unspecified atom stereocenters. The minimum absolute atomic E-state index is 0.434. The zero-order valence-electron chi connectivity index (χ0n) is 12.3. The van der Waals surface area contributed by atoms with E-state index in [1.807, 2.05) is 11.8 Å². The highest BCUT2D eigenvalue weighted by molar-refractivity contribution is 8.14. The van der Waals surface area contributed by atoms with Gasteiger partial charge in [-0.15, -0.1) is 0 Å². The number of thioether (sulfide) groups is 1. The van der Waals surface area contributed by atoms with Crippen LogP contribution in [0.15, 0.2) is 4.99 Å². The van der Waals surface area contributed by atoms with Crippen molar-refractivity contribution in [3.63, 3.8) is 0 Å². The van der Waals surface area contributed by atoms with Gasteiger partial charge in [0.25, 0.3) is 0 Å². The second-order valence-corrected chi connectivity index (χ2v) is 7.81. The summed E-state index contributed by atoms with van der Waals surface area (Å²) in [5, 5.41) is 4.99. The molecule has 1 N–H and O–H groups in total. The molecule has 1 saturated heterocycles. The molecule has 1 heterocycles. The molecule has 108 valence electrons. The zero-order chi connectivity index (χ0) is 13.1. The van der Waals surface area contributed by atoms with Crippen molar-refractivity contribution in [1.82, 2.24) is 5.32 Å². The molecule has 0 aromatic carbocycles. The third kappa shape index (κ3) is 3.29. The van der Waals surface area contributed by atoms with E-state index >= 15 is 0 Å². The Morgan fingerprint density at radius 1 is 1.16 bits per heavy atom. The molecule has 0 amide bonds. The van der Waals surface area contributed by atoms with E-state index in [0.717, 1.165) is 18.4 Å². The van der Waals surface area contributed by atoms with Gasteiger partial charge in [0, 0.05) is 17.8 Å². The van der Waals surface area contributed by atoms with Crippen molar-refractivity contribution >= 4 is 16.9 Å². The van der Waals surface area contributed by atoms with Gasteiger partial charge in [-0.2, -0.15) is 0 Å². The number of nitrogens with one attached hydrogen (secondary N) is 1. The highest BCUT2D eigenvalue weighted by Crippen LogP contribution is 2.37. The Morgan fingerprint density at radius 3 is 2.53 bits per heavy atom. The normalized spacial score (nSPS) is 35.9. The molecule has 1 spiro atoms. The van der Waals surface area contributed by atoms with Crippen LogP contribution in [0.3, 0.4) is 0 Å². The standard InChI is InChI=1S/C16H28N2S/c1-2-13-5-7-14(8-6-13)11-17-15-18-16(12-19-15)9-3-4-10-16/h13-14H,2-12H2,1H3,(H,17,18). The van der Waals surface area contributed by atoms with Gasteiger partial charge < -0.3 is 5.32 Å². The average Bonchev–Trinajstić information content (AvgIpc) is 3.08. The number of rotatable bonds is 3. The Kier molecular flexibility index (Phi) is 4.40. The second kappa shape index (κ2) is 6.07.